The third-order valence-electron chi connectivity index (χ3n) is 5.17. The molecule has 1 amide bonds. The van der Waals surface area contributed by atoms with E-state index in [4.69, 9.17) is 4.74 Å². The predicted molar refractivity (Wildman–Crippen MR) is 123 cm³/mol. The lowest BCUT2D eigenvalue weighted by molar-refractivity contribution is 0.101. The van der Waals surface area contributed by atoms with Gasteiger partial charge in [0.15, 0.2) is 11.3 Å². The van der Waals surface area contributed by atoms with Gasteiger partial charge in [-0.05, 0) is 48.5 Å². The lowest BCUT2D eigenvalue weighted by atomic mass is 10.1. The van der Waals surface area contributed by atoms with E-state index in [0.29, 0.717) is 22.6 Å². The highest BCUT2D eigenvalue weighted by atomic mass is 19.1. The first-order chi connectivity index (χ1) is 16.5. The summed E-state index contributed by atoms with van der Waals surface area (Å²) in [6, 6.07) is 15.8. The molecule has 0 fully saturated rings. The Morgan fingerprint density at radius 2 is 1.91 bits per heavy atom. The SMILES string of the molecule is COc1cccc(-c2nc3c(-c4ccc(F)cc4)n[nH]c3c(=O)n2NC(=O)c2cccnc2)c1. The van der Waals surface area contributed by atoms with Gasteiger partial charge in [0.25, 0.3) is 11.5 Å². The summed E-state index contributed by atoms with van der Waals surface area (Å²) in [5, 5.41) is 6.93. The van der Waals surface area contributed by atoms with E-state index in [1.165, 1.54) is 25.4 Å². The van der Waals surface area contributed by atoms with Gasteiger partial charge in [0, 0.05) is 23.5 Å². The Bertz CT molecular complexity index is 1560. The van der Waals surface area contributed by atoms with Crippen molar-refractivity contribution in [3.8, 4) is 28.4 Å². The summed E-state index contributed by atoms with van der Waals surface area (Å²) in [5.41, 5.74) is 4.14. The molecule has 0 bridgehead atoms. The second kappa shape index (κ2) is 8.58. The van der Waals surface area contributed by atoms with Crippen molar-refractivity contribution in [2.24, 2.45) is 0 Å². The minimum Gasteiger partial charge on any atom is -0.497 e. The molecule has 0 aliphatic rings. The number of H-pyrrole nitrogens is 1. The molecule has 3 heterocycles. The maximum Gasteiger partial charge on any atom is 0.298 e. The van der Waals surface area contributed by atoms with Gasteiger partial charge in [-0.25, -0.2) is 9.37 Å². The first-order valence-corrected chi connectivity index (χ1v) is 10.2. The van der Waals surface area contributed by atoms with Crippen molar-refractivity contribution in [1.82, 2.24) is 24.8 Å². The summed E-state index contributed by atoms with van der Waals surface area (Å²) < 4.78 is 19.8. The predicted octanol–water partition coefficient (Wildman–Crippen LogP) is 3.38. The maximum absolute atomic E-state index is 13.5. The number of hydrogen-bond donors (Lipinski definition) is 2. The van der Waals surface area contributed by atoms with E-state index < -0.39 is 17.3 Å². The Morgan fingerprint density at radius 1 is 1.09 bits per heavy atom. The number of ether oxygens (including phenoxy) is 1. The molecule has 5 rings (SSSR count). The van der Waals surface area contributed by atoms with E-state index in [-0.39, 0.29) is 22.4 Å². The summed E-state index contributed by atoms with van der Waals surface area (Å²) in [5.74, 6) is -0.228. The second-order valence-corrected chi connectivity index (χ2v) is 7.29. The van der Waals surface area contributed by atoms with Gasteiger partial charge >= 0.3 is 0 Å². The molecule has 34 heavy (non-hydrogen) atoms. The highest BCUT2D eigenvalue weighted by Gasteiger charge is 2.21. The molecule has 0 aliphatic heterocycles. The van der Waals surface area contributed by atoms with Crippen LogP contribution in [0, 0.1) is 5.82 Å². The van der Waals surface area contributed by atoms with Crippen LogP contribution in [0.3, 0.4) is 0 Å². The van der Waals surface area contributed by atoms with Gasteiger partial charge in [-0.2, -0.15) is 9.77 Å². The molecule has 9 nitrogen and oxygen atoms in total. The summed E-state index contributed by atoms with van der Waals surface area (Å²) in [6.07, 6.45) is 2.93. The van der Waals surface area contributed by atoms with Crippen LogP contribution in [-0.2, 0) is 0 Å². The number of pyridine rings is 1. The Labute approximate surface area is 191 Å². The van der Waals surface area contributed by atoms with E-state index in [9.17, 15) is 14.0 Å². The monoisotopic (exact) mass is 456 g/mol. The number of carbonyl (C=O) groups is 1. The van der Waals surface area contributed by atoms with Gasteiger partial charge in [-0.15, -0.1) is 0 Å². The smallest absolute Gasteiger partial charge is 0.298 e. The highest BCUT2D eigenvalue weighted by Crippen LogP contribution is 2.27. The Balaban J connectivity index is 1.72. The molecule has 0 saturated heterocycles. The molecule has 0 atom stereocenters. The van der Waals surface area contributed by atoms with E-state index in [1.807, 2.05) is 0 Å². The highest BCUT2D eigenvalue weighted by molar-refractivity contribution is 6.00. The van der Waals surface area contributed by atoms with Gasteiger partial charge in [-0.1, -0.05) is 12.1 Å². The van der Waals surface area contributed by atoms with Crippen molar-refractivity contribution in [3.05, 3.63) is 94.8 Å². The third kappa shape index (κ3) is 3.77. The lowest BCUT2D eigenvalue weighted by Crippen LogP contribution is -2.35. The van der Waals surface area contributed by atoms with Crippen LogP contribution in [-0.4, -0.2) is 37.9 Å². The fourth-order valence-corrected chi connectivity index (χ4v) is 3.49. The third-order valence-corrected chi connectivity index (χ3v) is 5.17. The summed E-state index contributed by atoms with van der Waals surface area (Å²) >= 11 is 0. The number of fused-ring (bicyclic) bond motifs is 1. The normalized spacial score (nSPS) is 10.9. The van der Waals surface area contributed by atoms with Crippen LogP contribution in [0.5, 0.6) is 5.75 Å². The van der Waals surface area contributed by atoms with Crippen molar-refractivity contribution in [3.63, 3.8) is 0 Å². The largest absolute Gasteiger partial charge is 0.497 e. The second-order valence-electron chi connectivity index (χ2n) is 7.29. The first-order valence-electron chi connectivity index (χ1n) is 10.2. The van der Waals surface area contributed by atoms with E-state index in [0.717, 1.165) is 4.68 Å². The van der Waals surface area contributed by atoms with E-state index in [1.54, 1.807) is 54.7 Å². The number of amides is 1. The number of halogens is 1. The first kappa shape index (κ1) is 21.0. The van der Waals surface area contributed by atoms with Gasteiger partial charge in [-0.3, -0.25) is 25.1 Å². The maximum atomic E-state index is 13.5. The molecule has 10 heteroatoms. The minimum absolute atomic E-state index is 0.0810. The molecule has 168 valence electrons. The fourth-order valence-electron chi connectivity index (χ4n) is 3.49. The molecule has 0 saturated carbocycles. The van der Waals surface area contributed by atoms with Crippen molar-refractivity contribution in [2.75, 3.05) is 12.5 Å². The number of aromatic amines is 1. The van der Waals surface area contributed by atoms with E-state index >= 15 is 0 Å². The van der Waals surface area contributed by atoms with Crippen LogP contribution in [0.2, 0.25) is 0 Å². The van der Waals surface area contributed by atoms with Gasteiger partial charge in [0.05, 0.1) is 12.7 Å². The Hall–Kier alpha value is -4.86. The summed E-state index contributed by atoms with van der Waals surface area (Å²) in [4.78, 5) is 34.9. The molecule has 3 aromatic heterocycles. The quantitative estimate of drug-likeness (QED) is 0.419. The molecule has 0 unspecified atom stereocenters. The zero-order valence-electron chi connectivity index (χ0n) is 17.8. The van der Waals surface area contributed by atoms with Crippen molar-refractivity contribution in [1.29, 1.82) is 0 Å². The van der Waals surface area contributed by atoms with Crippen LogP contribution in [0.15, 0.2) is 77.9 Å². The number of nitrogens with one attached hydrogen (secondary N) is 2. The van der Waals surface area contributed by atoms with Crippen LogP contribution < -0.4 is 15.7 Å². The molecule has 2 aromatic carbocycles. The van der Waals surface area contributed by atoms with Gasteiger partial charge < -0.3 is 4.74 Å². The molecular formula is C24H17FN6O3. The topological polar surface area (TPSA) is 115 Å². The zero-order chi connectivity index (χ0) is 23.7. The van der Waals surface area contributed by atoms with Crippen LogP contribution in [0.4, 0.5) is 4.39 Å². The number of rotatable bonds is 5. The van der Waals surface area contributed by atoms with E-state index in [2.05, 4.69) is 25.6 Å². The fraction of sp³-hybridized carbons (Fsp3) is 0.0417. The molecule has 5 aromatic rings. The zero-order valence-corrected chi connectivity index (χ0v) is 17.8. The average molecular weight is 456 g/mol. The van der Waals surface area contributed by atoms with Crippen molar-refractivity contribution >= 4 is 16.9 Å². The number of aromatic nitrogens is 5. The number of methoxy groups -OCH3 is 1. The molecular weight excluding hydrogens is 439 g/mol. The van der Waals surface area contributed by atoms with Gasteiger partial charge in [0.1, 0.15) is 22.8 Å². The lowest BCUT2D eigenvalue weighted by Gasteiger charge is -2.14. The molecule has 0 spiro atoms. The number of carbonyl (C=O) groups excluding carboxylic acids is 1. The number of benzene rings is 2. The standard InChI is InChI=1S/C24H17FN6O3/c1-34-18-6-2-4-15(12-18)22-27-20-19(14-7-9-17(25)10-8-14)28-29-21(20)24(33)31(22)30-23(32)16-5-3-11-26-13-16/h2-13H,1H3,(H,28,29)(H,30,32). The van der Waals surface area contributed by atoms with Crippen LogP contribution >= 0.6 is 0 Å². The van der Waals surface area contributed by atoms with Crippen molar-refractivity contribution < 1.29 is 13.9 Å². The Kier molecular flexibility index (Phi) is 5.30. The molecule has 0 aliphatic carbocycles. The number of nitrogens with zero attached hydrogens (tertiary/aromatic N) is 4. The van der Waals surface area contributed by atoms with Crippen molar-refractivity contribution in [2.45, 2.75) is 0 Å². The molecule has 2 N–H and O–H groups in total. The Morgan fingerprint density at radius 3 is 2.65 bits per heavy atom. The molecule has 0 radical (unpaired) electrons. The summed E-state index contributed by atoms with van der Waals surface area (Å²) in [6.45, 7) is 0. The number of hydrogen-bond acceptors (Lipinski definition) is 6. The van der Waals surface area contributed by atoms with Crippen LogP contribution in [0.1, 0.15) is 10.4 Å². The van der Waals surface area contributed by atoms with Gasteiger partial charge in [0.2, 0.25) is 0 Å². The average Bonchev–Trinajstić information content (AvgIpc) is 3.31. The minimum atomic E-state index is -0.569. The summed E-state index contributed by atoms with van der Waals surface area (Å²) in [7, 11) is 1.52. The van der Waals surface area contributed by atoms with Crippen LogP contribution in [0.25, 0.3) is 33.7 Å².